The van der Waals surface area contributed by atoms with E-state index in [1.54, 1.807) is 0 Å². The minimum atomic E-state index is -0.650. The summed E-state index contributed by atoms with van der Waals surface area (Å²) in [5.41, 5.74) is 1.86. The number of carbonyl (C=O) groups is 1. The summed E-state index contributed by atoms with van der Waals surface area (Å²) in [7, 11) is 0. The Morgan fingerprint density at radius 2 is 1.86 bits per heavy atom. The zero-order chi connectivity index (χ0) is 20.1. The van der Waals surface area contributed by atoms with Gasteiger partial charge in [-0.15, -0.1) is 0 Å². The Balaban J connectivity index is 1.52. The molecule has 4 rings (SSSR count). The van der Waals surface area contributed by atoms with Crippen LogP contribution in [0.5, 0.6) is 0 Å². The number of hydrogen-bond acceptors (Lipinski definition) is 2. The molecule has 8 atom stereocenters. The van der Waals surface area contributed by atoms with Crippen molar-refractivity contribution in [3.05, 3.63) is 5.57 Å². The van der Waals surface area contributed by atoms with E-state index >= 15 is 0 Å². The van der Waals surface area contributed by atoms with E-state index in [-0.39, 0.29) is 0 Å². The maximum absolute atomic E-state index is 11.2. The Labute approximate surface area is 170 Å². The summed E-state index contributed by atoms with van der Waals surface area (Å²) < 4.78 is 0. The van der Waals surface area contributed by atoms with Crippen LogP contribution in [0.25, 0.3) is 0 Å². The first-order valence-corrected chi connectivity index (χ1v) is 11.7. The molecule has 0 aliphatic heterocycles. The summed E-state index contributed by atoms with van der Waals surface area (Å²) in [5.74, 6) is 5.98. The molecule has 1 N–H and O–H groups in total. The molecule has 156 valence electrons. The van der Waals surface area contributed by atoms with Crippen LogP contribution in [0.3, 0.4) is 0 Å². The summed E-state index contributed by atoms with van der Waals surface area (Å²) in [4.78, 5) is 22.3. The van der Waals surface area contributed by atoms with Crippen LogP contribution in [0.1, 0.15) is 91.4 Å². The van der Waals surface area contributed by atoms with Gasteiger partial charge in [-0.05, 0) is 111 Å². The Morgan fingerprint density at radius 1 is 1.11 bits per heavy atom. The third-order valence-electron chi connectivity index (χ3n) is 10.2. The van der Waals surface area contributed by atoms with Gasteiger partial charge in [0, 0.05) is 12.0 Å². The largest absolute Gasteiger partial charge is 0.481 e. The van der Waals surface area contributed by atoms with Crippen molar-refractivity contribution in [2.75, 3.05) is 0 Å². The molecule has 0 aromatic rings. The molecule has 4 aliphatic carbocycles. The van der Waals surface area contributed by atoms with E-state index in [9.17, 15) is 9.59 Å². The second-order valence-corrected chi connectivity index (χ2v) is 11.2. The standard InChI is InChI=1S/C25H38O3/c1-16(4-9-23(27)28)20-7-8-21-19-6-5-18-14-17(15-26)10-12-24(18,2)22(19)11-13-25(20,21)3/h16,18-22H,4-14H2,1-3H3,(H,27,28)/t16?,18?,19-,20+,21-,22-,24-,25+/m0/s1. The molecule has 3 heteroatoms. The second kappa shape index (κ2) is 7.31. The maximum Gasteiger partial charge on any atom is 0.303 e. The fraction of sp³-hybridized carbons (Fsp3) is 0.880. The van der Waals surface area contributed by atoms with Crippen LogP contribution in [-0.2, 0) is 9.59 Å². The number of carboxylic acid groups (broad SMARTS) is 1. The number of aliphatic carboxylic acids is 1. The SMILES string of the molecule is CC(CCC(=O)O)[C@H]1CC[C@H]2[C@@H]3CCC4CC(=C=O)CC[C@]4(C)[C@H]3CC[C@]12C. The molecule has 4 saturated carbocycles. The van der Waals surface area contributed by atoms with Gasteiger partial charge in [-0.3, -0.25) is 4.79 Å². The number of carbonyl (C=O) groups excluding carboxylic acids is 1. The molecule has 0 aromatic carbocycles. The molecule has 0 spiro atoms. The molecule has 0 amide bonds. The van der Waals surface area contributed by atoms with Gasteiger partial charge >= 0.3 is 5.97 Å². The van der Waals surface area contributed by atoms with E-state index in [1.165, 1.54) is 44.9 Å². The Bertz CT molecular complexity index is 677. The van der Waals surface area contributed by atoms with Crippen LogP contribution >= 0.6 is 0 Å². The van der Waals surface area contributed by atoms with E-state index in [1.807, 2.05) is 0 Å². The predicted octanol–water partition coefficient (Wildman–Crippen LogP) is 5.90. The summed E-state index contributed by atoms with van der Waals surface area (Å²) >= 11 is 0. The lowest BCUT2D eigenvalue weighted by atomic mass is 9.44. The lowest BCUT2D eigenvalue weighted by molar-refractivity contribution is -0.137. The summed E-state index contributed by atoms with van der Waals surface area (Å²) in [6.45, 7) is 7.39. The fourth-order valence-corrected chi connectivity index (χ4v) is 8.70. The van der Waals surface area contributed by atoms with Crippen LogP contribution in [0.4, 0.5) is 0 Å². The molecule has 28 heavy (non-hydrogen) atoms. The van der Waals surface area contributed by atoms with Crippen molar-refractivity contribution < 1.29 is 14.7 Å². The van der Waals surface area contributed by atoms with Gasteiger partial charge in [0.1, 0.15) is 5.94 Å². The van der Waals surface area contributed by atoms with Crippen molar-refractivity contribution in [2.45, 2.75) is 91.4 Å². The predicted molar refractivity (Wildman–Crippen MR) is 110 cm³/mol. The van der Waals surface area contributed by atoms with Crippen LogP contribution in [-0.4, -0.2) is 17.0 Å². The number of carboxylic acids is 1. The normalized spacial score (nSPS) is 46.1. The van der Waals surface area contributed by atoms with Gasteiger partial charge in [0.05, 0.1) is 0 Å². The minimum absolute atomic E-state index is 0.316. The fourth-order valence-electron chi connectivity index (χ4n) is 8.70. The number of rotatable bonds is 4. The molecule has 3 nitrogen and oxygen atoms in total. The highest BCUT2D eigenvalue weighted by atomic mass is 16.4. The van der Waals surface area contributed by atoms with Crippen molar-refractivity contribution in [2.24, 2.45) is 46.3 Å². The zero-order valence-corrected chi connectivity index (χ0v) is 18.0. The van der Waals surface area contributed by atoms with Gasteiger partial charge in [0.15, 0.2) is 0 Å². The third-order valence-corrected chi connectivity index (χ3v) is 10.2. The van der Waals surface area contributed by atoms with Gasteiger partial charge in [-0.1, -0.05) is 20.8 Å². The summed E-state index contributed by atoms with van der Waals surface area (Å²) in [6.07, 6.45) is 12.2. The maximum atomic E-state index is 11.2. The summed E-state index contributed by atoms with van der Waals surface area (Å²) in [5, 5.41) is 9.11. The van der Waals surface area contributed by atoms with Gasteiger partial charge < -0.3 is 5.11 Å². The highest BCUT2D eigenvalue weighted by molar-refractivity contribution is 5.66. The highest BCUT2D eigenvalue weighted by Crippen LogP contribution is 2.68. The first kappa shape index (κ1) is 20.2. The van der Waals surface area contributed by atoms with E-state index in [4.69, 9.17) is 5.11 Å². The van der Waals surface area contributed by atoms with E-state index in [2.05, 4.69) is 26.7 Å². The van der Waals surface area contributed by atoms with Crippen molar-refractivity contribution >= 4 is 11.9 Å². The quantitative estimate of drug-likeness (QED) is 0.612. The topological polar surface area (TPSA) is 54.4 Å². The molecular weight excluding hydrogens is 348 g/mol. The molecule has 0 saturated heterocycles. The lowest BCUT2D eigenvalue weighted by Crippen LogP contribution is -2.53. The van der Waals surface area contributed by atoms with Crippen molar-refractivity contribution in [3.63, 3.8) is 0 Å². The second-order valence-electron chi connectivity index (χ2n) is 11.2. The van der Waals surface area contributed by atoms with E-state index in [0.29, 0.717) is 35.0 Å². The molecule has 0 radical (unpaired) electrons. The Kier molecular flexibility index (Phi) is 5.28. The third kappa shape index (κ3) is 3.09. The van der Waals surface area contributed by atoms with Gasteiger partial charge in [0.2, 0.25) is 0 Å². The first-order valence-electron chi connectivity index (χ1n) is 11.7. The number of fused-ring (bicyclic) bond motifs is 5. The zero-order valence-electron chi connectivity index (χ0n) is 18.0. The van der Waals surface area contributed by atoms with Crippen molar-refractivity contribution in [1.29, 1.82) is 0 Å². The van der Waals surface area contributed by atoms with E-state index in [0.717, 1.165) is 42.6 Å². The molecule has 2 unspecified atom stereocenters. The van der Waals surface area contributed by atoms with Crippen LogP contribution < -0.4 is 0 Å². The monoisotopic (exact) mass is 386 g/mol. The molecule has 0 heterocycles. The average molecular weight is 387 g/mol. The lowest BCUT2D eigenvalue weighted by Gasteiger charge is -2.60. The first-order chi connectivity index (χ1) is 13.3. The van der Waals surface area contributed by atoms with E-state index < -0.39 is 5.97 Å². The Morgan fingerprint density at radius 3 is 2.57 bits per heavy atom. The van der Waals surface area contributed by atoms with Gasteiger partial charge in [0.25, 0.3) is 0 Å². The molecule has 0 bridgehead atoms. The van der Waals surface area contributed by atoms with Gasteiger partial charge in [-0.2, -0.15) is 0 Å². The molecule has 0 aromatic heterocycles. The molecule has 4 aliphatic rings. The molecular formula is C25H38O3. The van der Waals surface area contributed by atoms with Crippen LogP contribution in [0.15, 0.2) is 5.57 Å². The molecule has 4 fully saturated rings. The van der Waals surface area contributed by atoms with Crippen LogP contribution in [0, 0.1) is 46.3 Å². The number of allylic oxidation sites excluding steroid dienone is 1. The highest BCUT2D eigenvalue weighted by Gasteiger charge is 2.60. The minimum Gasteiger partial charge on any atom is -0.481 e. The van der Waals surface area contributed by atoms with Crippen molar-refractivity contribution in [1.82, 2.24) is 0 Å². The smallest absolute Gasteiger partial charge is 0.303 e. The Hall–Kier alpha value is -1.08. The average Bonchev–Trinajstić information content (AvgIpc) is 3.02. The van der Waals surface area contributed by atoms with Crippen LogP contribution in [0.2, 0.25) is 0 Å². The summed E-state index contributed by atoms with van der Waals surface area (Å²) in [6, 6.07) is 0. The van der Waals surface area contributed by atoms with Crippen molar-refractivity contribution in [3.8, 4) is 0 Å². The van der Waals surface area contributed by atoms with Gasteiger partial charge in [-0.25, -0.2) is 4.79 Å². The number of hydrogen-bond donors (Lipinski definition) is 1.